The van der Waals surface area contributed by atoms with Crippen LogP contribution < -0.4 is 0 Å². The Morgan fingerprint density at radius 3 is 1.89 bits per heavy atom. The van der Waals surface area contributed by atoms with Gasteiger partial charge in [0.1, 0.15) is 0 Å². The normalized spacial score (nSPS) is 14.1. The van der Waals surface area contributed by atoms with Crippen LogP contribution >= 0.6 is 0 Å². The minimum absolute atomic E-state index is 1.12. The molecule has 0 radical (unpaired) electrons. The molecule has 1 aromatic carbocycles. The van der Waals surface area contributed by atoms with Crippen LogP contribution in [0, 0.1) is 0 Å². The first-order valence-electron chi connectivity index (χ1n) is 5.18. The van der Waals surface area contributed by atoms with Gasteiger partial charge in [-0.05, 0) is 17.5 Å². The number of aliphatic hydroxyl groups excluding tert-OH is 1. The second-order valence-corrected chi connectivity index (χ2v) is 3.79. The molecule has 0 saturated carbocycles. The number of fused-ring (bicyclic) bond motifs is 1. The third kappa shape index (κ3) is 4.59. The van der Waals surface area contributed by atoms with Crippen LogP contribution in [0.5, 0.6) is 0 Å². The Balaban J connectivity index is 0.000000190. The van der Waals surface area contributed by atoms with E-state index in [1.165, 1.54) is 11.1 Å². The Labute approximate surface area is 105 Å². The number of aliphatic hydroxyl groups is 1. The summed E-state index contributed by atoms with van der Waals surface area (Å²) in [6.07, 6.45) is -9.99. The van der Waals surface area contributed by atoms with Crippen LogP contribution in [-0.2, 0) is 6.42 Å². The number of halogens is 6. The molecule has 1 nitrogen and oxygen atoms in total. The standard InChI is InChI=1S/C9H8.C3H2F6O/c1-2-5-9-7-3-6-8(9)4-1;4-2(5,6)1(10)3(7,8)9/h1-6H,7H2;1,10H. The highest BCUT2D eigenvalue weighted by Gasteiger charge is 2.55. The molecule has 0 unspecified atom stereocenters. The fourth-order valence-corrected chi connectivity index (χ4v) is 1.38. The fourth-order valence-electron chi connectivity index (χ4n) is 1.38. The number of hydrogen-bond acceptors (Lipinski definition) is 1. The number of benzene rings is 1. The third-order valence-electron chi connectivity index (χ3n) is 2.31. The van der Waals surface area contributed by atoms with E-state index in [1.54, 1.807) is 0 Å². The molecular formula is C12H10F6O. The van der Waals surface area contributed by atoms with Gasteiger partial charge in [-0.2, -0.15) is 26.3 Å². The van der Waals surface area contributed by atoms with Crippen LogP contribution in [0.3, 0.4) is 0 Å². The van der Waals surface area contributed by atoms with Gasteiger partial charge >= 0.3 is 12.4 Å². The molecule has 0 fully saturated rings. The largest absolute Gasteiger partial charge is 0.423 e. The van der Waals surface area contributed by atoms with E-state index >= 15 is 0 Å². The zero-order valence-corrected chi connectivity index (χ0v) is 9.46. The van der Waals surface area contributed by atoms with Gasteiger partial charge in [0.15, 0.2) is 0 Å². The summed E-state index contributed by atoms with van der Waals surface area (Å²) >= 11 is 0. The number of rotatable bonds is 0. The molecular weight excluding hydrogens is 274 g/mol. The number of hydrogen-bond donors (Lipinski definition) is 1. The molecule has 1 aliphatic rings. The van der Waals surface area contributed by atoms with Gasteiger partial charge in [-0.3, -0.25) is 0 Å². The number of alkyl halides is 6. The molecule has 0 aromatic heterocycles. The van der Waals surface area contributed by atoms with Crippen molar-refractivity contribution in [3.8, 4) is 0 Å². The van der Waals surface area contributed by atoms with Crippen LogP contribution in [0.15, 0.2) is 30.3 Å². The van der Waals surface area contributed by atoms with Crippen molar-refractivity contribution in [2.24, 2.45) is 0 Å². The van der Waals surface area contributed by atoms with E-state index in [-0.39, 0.29) is 0 Å². The lowest BCUT2D eigenvalue weighted by molar-refractivity contribution is -0.308. The van der Waals surface area contributed by atoms with Crippen LogP contribution in [0.2, 0.25) is 0 Å². The first-order valence-corrected chi connectivity index (χ1v) is 5.18. The second kappa shape index (κ2) is 5.64. The van der Waals surface area contributed by atoms with Gasteiger partial charge in [-0.1, -0.05) is 36.4 Å². The lowest BCUT2D eigenvalue weighted by atomic mass is 10.1. The summed E-state index contributed by atoms with van der Waals surface area (Å²) in [5, 5.41) is 7.47. The minimum atomic E-state index is -5.63. The molecule has 0 atom stereocenters. The molecule has 1 N–H and O–H groups in total. The molecule has 1 aromatic rings. The van der Waals surface area contributed by atoms with Gasteiger partial charge in [-0.15, -0.1) is 0 Å². The SMILES string of the molecule is C1=Cc2ccccc2C1.OC(C(F)(F)F)C(F)(F)F. The maximum absolute atomic E-state index is 11.0. The molecule has 19 heavy (non-hydrogen) atoms. The zero-order valence-electron chi connectivity index (χ0n) is 9.46. The smallest absolute Gasteiger partial charge is 0.377 e. The van der Waals surface area contributed by atoms with Crippen molar-refractivity contribution in [2.45, 2.75) is 24.9 Å². The van der Waals surface area contributed by atoms with Gasteiger partial charge < -0.3 is 5.11 Å². The molecule has 2 rings (SSSR count). The summed E-state index contributed by atoms with van der Waals surface area (Å²) in [5.41, 5.74) is 2.84. The highest BCUT2D eigenvalue weighted by atomic mass is 19.4. The third-order valence-corrected chi connectivity index (χ3v) is 2.31. The van der Waals surface area contributed by atoms with E-state index in [0.29, 0.717) is 0 Å². The molecule has 7 heteroatoms. The first-order chi connectivity index (χ1) is 8.62. The molecule has 0 spiro atoms. The molecule has 0 heterocycles. The van der Waals surface area contributed by atoms with E-state index in [0.717, 1.165) is 6.42 Å². The summed E-state index contributed by atoms with van der Waals surface area (Å²) in [7, 11) is 0. The van der Waals surface area contributed by atoms with Crippen molar-refractivity contribution in [3.63, 3.8) is 0 Å². The highest BCUT2D eigenvalue weighted by Crippen LogP contribution is 2.32. The lowest BCUT2D eigenvalue weighted by Gasteiger charge is -2.16. The summed E-state index contributed by atoms with van der Waals surface area (Å²) < 4.78 is 65.9. The van der Waals surface area contributed by atoms with E-state index in [2.05, 4.69) is 36.4 Å². The van der Waals surface area contributed by atoms with Crippen molar-refractivity contribution in [1.29, 1.82) is 0 Å². The predicted octanol–water partition coefficient (Wildman–Crippen LogP) is 3.73. The molecule has 1 aliphatic carbocycles. The van der Waals surface area contributed by atoms with E-state index < -0.39 is 18.5 Å². The second-order valence-electron chi connectivity index (χ2n) is 3.79. The van der Waals surface area contributed by atoms with Gasteiger partial charge in [-0.25, -0.2) is 0 Å². The summed E-state index contributed by atoms with van der Waals surface area (Å²) in [5.74, 6) is 0. The maximum Gasteiger partial charge on any atom is 0.423 e. The lowest BCUT2D eigenvalue weighted by Crippen LogP contribution is -2.41. The minimum Gasteiger partial charge on any atom is -0.377 e. The quantitative estimate of drug-likeness (QED) is 0.720. The molecule has 0 saturated heterocycles. The Morgan fingerprint density at radius 2 is 1.47 bits per heavy atom. The van der Waals surface area contributed by atoms with Crippen LogP contribution in [0.25, 0.3) is 6.08 Å². The van der Waals surface area contributed by atoms with E-state index in [9.17, 15) is 26.3 Å². The van der Waals surface area contributed by atoms with Crippen LogP contribution in [-0.4, -0.2) is 23.6 Å². The molecule has 0 bridgehead atoms. The van der Waals surface area contributed by atoms with Crippen molar-refractivity contribution < 1.29 is 31.4 Å². The summed E-state index contributed by atoms with van der Waals surface area (Å²) in [6.45, 7) is 0. The first kappa shape index (κ1) is 15.6. The number of allylic oxidation sites excluding steroid dienone is 1. The Morgan fingerprint density at radius 1 is 0.947 bits per heavy atom. The van der Waals surface area contributed by atoms with E-state index in [1.807, 2.05) is 0 Å². The fraction of sp³-hybridized carbons (Fsp3) is 0.333. The molecule has 106 valence electrons. The Kier molecular flexibility index (Phi) is 4.62. The van der Waals surface area contributed by atoms with Crippen LogP contribution in [0.4, 0.5) is 26.3 Å². The highest BCUT2D eigenvalue weighted by molar-refractivity contribution is 5.59. The van der Waals surface area contributed by atoms with Crippen LogP contribution in [0.1, 0.15) is 11.1 Å². The monoisotopic (exact) mass is 284 g/mol. The average Bonchev–Trinajstić information content (AvgIpc) is 2.74. The van der Waals surface area contributed by atoms with Crippen molar-refractivity contribution in [1.82, 2.24) is 0 Å². The Hall–Kier alpha value is -1.50. The Bertz CT molecular complexity index is 432. The van der Waals surface area contributed by atoms with Gasteiger partial charge in [0.25, 0.3) is 0 Å². The van der Waals surface area contributed by atoms with Crippen molar-refractivity contribution in [3.05, 3.63) is 41.5 Å². The average molecular weight is 284 g/mol. The zero-order chi connectivity index (χ0) is 14.7. The van der Waals surface area contributed by atoms with Gasteiger partial charge in [0, 0.05) is 0 Å². The van der Waals surface area contributed by atoms with E-state index in [4.69, 9.17) is 5.11 Å². The summed E-state index contributed by atoms with van der Waals surface area (Å²) in [4.78, 5) is 0. The van der Waals surface area contributed by atoms with Gasteiger partial charge in [0.2, 0.25) is 6.10 Å². The van der Waals surface area contributed by atoms with Crippen molar-refractivity contribution >= 4 is 6.08 Å². The molecule has 0 aliphatic heterocycles. The topological polar surface area (TPSA) is 20.2 Å². The predicted molar refractivity (Wildman–Crippen MR) is 57.3 cm³/mol. The summed E-state index contributed by atoms with van der Waals surface area (Å²) in [6, 6.07) is 8.49. The van der Waals surface area contributed by atoms with Gasteiger partial charge in [0.05, 0.1) is 0 Å². The molecule has 0 amide bonds. The maximum atomic E-state index is 11.0. The van der Waals surface area contributed by atoms with Crippen molar-refractivity contribution in [2.75, 3.05) is 0 Å².